The van der Waals surface area contributed by atoms with Crippen molar-refractivity contribution in [2.24, 2.45) is 0 Å². The lowest BCUT2D eigenvalue weighted by atomic mass is 9.96. The van der Waals surface area contributed by atoms with E-state index in [4.69, 9.17) is 14.2 Å². The molecule has 0 atom stereocenters. The van der Waals surface area contributed by atoms with Crippen LogP contribution in [-0.2, 0) is 4.74 Å². The highest BCUT2D eigenvalue weighted by molar-refractivity contribution is 6.82. The maximum atomic E-state index is 13.6. The van der Waals surface area contributed by atoms with Gasteiger partial charge in [-0.25, -0.2) is 4.79 Å². The van der Waals surface area contributed by atoms with Crippen molar-refractivity contribution >= 4 is 14.2 Å². The number of esters is 1. The molecule has 0 N–H and O–H groups in total. The second-order valence-corrected chi connectivity index (χ2v) is 15.9. The number of benzene rings is 2. The Morgan fingerprint density at radius 1 is 0.806 bits per heavy atom. The summed E-state index contributed by atoms with van der Waals surface area (Å²) in [6.45, 7) is 16.4. The standard InChI is InChI=1S/C30H41NO4Si/c1-10-35-26-17-13-24(14-18-26)28-27(23-11-15-25(33-8)16-12-23)19-31(29(28)30(32)34-9)36(20(2)3,21(4)5)22(6)7/h11-22H,10H2,1-9H3. The van der Waals surface area contributed by atoms with Crippen LogP contribution in [0, 0.1) is 0 Å². The summed E-state index contributed by atoms with van der Waals surface area (Å²) >= 11 is 0. The van der Waals surface area contributed by atoms with Crippen LogP contribution in [0.15, 0.2) is 54.7 Å². The average Bonchev–Trinajstić information content (AvgIpc) is 3.24. The first-order chi connectivity index (χ1) is 17.1. The molecular formula is C30H41NO4Si. The SMILES string of the molecule is CCOc1ccc(-c2c(-c3ccc(OC)cc3)cn([Si](C(C)C)(C(C)C)C(C)C)c2C(=O)OC)cc1. The van der Waals surface area contributed by atoms with Crippen LogP contribution in [0.4, 0.5) is 0 Å². The van der Waals surface area contributed by atoms with Crippen molar-refractivity contribution in [2.45, 2.75) is 65.1 Å². The summed E-state index contributed by atoms with van der Waals surface area (Å²) in [5.41, 5.74) is 5.76. The van der Waals surface area contributed by atoms with Crippen molar-refractivity contribution in [1.82, 2.24) is 4.23 Å². The van der Waals surface area contributed by atoms with E-state index in [0.29, 0.717) is 28.9 Å². The Kier molecular flexibility index (Phi) is 8.72. The Bertz CT molecular complexity index is 1140. The zero-order valence-electron chi connectivity index (χ0n) is 23.2. The summed E-state index contributed by atoms with van der Waals surface area (Å²) in [6, 6.07) is 16.0. The summed E-state index contributed by atoms with van der Waals surface area (Å²) in [4.78, 5) is 13.6. The van der Waals surface area contributed by atoms with Crippen LogP contribution in [0.2, 0.25) is 16.6 Å². The predicted octanol–water partition coefficient (Wildman–Crippen LogP) is 8.04. The van der Waals surface area contributed by atoms with Crippen molar-refractivity contribution < 1.29 is 19.0 Å². The minimum absolute atomic E-state index is 0.308. The van der Waals surface area contributed by atoms with Crippen molar-refractivity contribution in [1.29, 1.82) is 0 Å². The molecule has 0 radical (unpaired) electrons. The van der Waals surface area contributed by atoms with E-state index in [1.165, 1.54) is 7.11 Å². The van der Waals surface area contributed by atoms with E-state index in [2.05, 4.69) is 64.1 Å². The lowest BCUT2D eigenvalue weighted by Crippen LogP contribution is -2.52. The smallest absolute Gasteiger partial charge is 0.354 e. The summed E-state index contributed by atoms with van der Waals surface area (Å²) < 4.78 is 18.9. The summed E-state index contributed by atoms with van der Waals surface area (Å²) in [5, 5.41) is 0. The van der Waals surface area contributed by atoms with Gasteiger partial charge < -0.3 is 18.4 Å². The molecular weight excluding hydrogens is 466 g/mol. The van der Waals surface area contributed by atoms with E-state index in [9.17, 15) is 4.79 Å². The van der Waals surface area contributed by atoms with Gasteiger partial charge in [0.25, 0.3) is 0 Å². The number of hydrogen-bond acceptors (Lipinski definition) is 4. The van der Waals surface area contributed by atoms with Gasteiger partial charge in [-0.15, -0.1) is 0 Å². The van der Waals surface area contributed by atoms with Gasteiger partial charge in [0, 0.05) is 17.3 Å². The zero-order chi connectivity index (χ0) is 26.6. The van der Waals surface area contributed by atoms with Crippen molar-refractivity contribution in [2.75, 3.05) is 20.8 Å². The lowest BCUT2D eigenvalue weighted by molar-refractivity contribution is 0.0593. The average molecular weight is 508 g/mol. The highest BCUT2D eigenvalue weighted by Gasteiger charge is 2.48. The molecule has 0 aliphatic rings. The molecule has 0 fully saturated rings. The largest absolute Gasteiger partial charge is 0.497 e. The molecule has 0 bridgehead atoms. The minimum atomic E-state index is -2.28. The van der Waals surface area contributed by atoms with Gasteiger partial charge in [-0.1, -0.05) is 65.8 Å². The molecule has 2 aromatic carbocycles. The molecule has 0 saturated heterocycles. The molecule has 6 heteroatoms. The molecule has 1 aromatic heterocycles. The van der Waals surface area contributed by atoms with E-state index < -0.39 is 8.24 Å². The third-order valence-corrected chi connectivity index (χ3v) is 14.2. The Hall–Kier alpha value is -2.99. The lowest BCUT2D eigenvalue weighted by Gasteiger charge is -2.44. The highest BCUT2D eigenvalue weighted by Crippen LogP contribution is 2.47. The molecule has 0 saturated carbocycles. The molecule has 36 heavy (non-hydrogen) atoms. The van der Waals surface area contributed by atoms with Crippen molar-refractivity contribution in [3.63, 3.8) is 0 Å². The van der Waals surface area contributed by atoms with Crippen LogP contribution in [0.1, 0.15) is 59.0 Å². The van der Waals surface area contributed by atoms with Gasteiger partial charge >= 0.3 is 5.97 Å². The van der Waals surface area contributed by atoms with Gasteiger partial charge in [0.05, 0.1) is 20.8 Å². The second kappa shape index (κ2) is 11.4. The van der Waals surface area contributed by atoms with Crippen molar-refractivity contribution in [3.8, 4) is 33.8 Å². The van der Waals surface area contributed by atoms with Crippen LogP contribution < -0.4 is 9.47 Å². The van der Waals surface area contributed by atoms with Gasteiger partial charge in [-0.3, -0.25) is 0 Å². The fourth-order valence-electron chi connectivity index (χ4n) is 6.11. The van der Waals surface area contributed by atoms with Gasteiger partial charge in [-0.2, -0.15) is 0 Å². The maximum absolute atomic E-state index is 13.6. The second-order valence-electron chi connectivity index (χ2n) is 10.2. The Balaban J connectivity index is 2.46. The van der Waals surface area contributed by atoms with Crippen LogP contribution >= 0.6 is 0 Å². The number of methoxy groups -OCH3 is 2. The Morgan fingerprint density at radius 3 is 1.75 bits per heavy atom. The molecule has 0 aliphatic heterocycles. The summed E-state index contributed by atoms with van der Waals surface area (Å²) in [5.74, 6) is 1.29. The predicted molar refractivity (Wildman–Crippen MR) is 151 cm³/mol. The number of nitrogens with zero attached hydrogens (tertiary/aromatic N) is 1. The van der Waals surface area contributed by atoms with Crippen LogP contribution in [0.25, 0.3) is 22.3 Å². The van der Waals surface area contributed by atoms with E-state index >= 15 is 0 Å². The highest BCUT2D eigenvalue weighted by atomic mass is 28.3. The molecule has 5 nitrogen and oxygen atoms in total. The molecule has 3 aromatic rings. The molecule has 0 aliphatic carbocycles. The maximum Gasteiger partial charge on any atom is 0.354 e. The van der Waals surface area contributed by atoms with Gasteiger partial charge in [0.15, 0.2) is 8.24 Å². The Labute approximate surface area is 217 Å². The number of carbonyl (C=O) groups is 1. The number of rotatable bonds is 10. The fourth-order valence-corrected chi connectivity index (χ4v) is 12.7. The fraction of sp³-hybridized carbons (Fsp3) is 0.433. The van der Waals surface area contributed by atoms with Crippen molar-refractivity contribution in [3.05, 3.63) is 60.4 Å². The van der Waals surface area contributed by atoms with Crippen LogP contribution in [0.3, 0.4) is 0 Å². The van der Waals surface area contributed by atoms with Gasteiger partial charge in [-0.05, 0) is 58.9 Å². The first-order valence-electron chi connectivity index (χ1n) is 12.8. The topological polar surface area (TPSA) is 49.7 Å². The number of hydrogen-bond donors (Lipinski definition) is 0. The number of aromatic nitrogens is 1. The first kappa shape index (κ1) is 27.6. The van der Waals surface area contributed by atoms with Gasteiger partial charge in [0.2, 0.25) is 0 Å². The van der Waals surface area contributed by atoms with Crippen LogP contribution in [-0.4, -0.2) is 39.3 Å². The van der Waals surface area contributed by atoms with E-state index in [-0.39, 0.29) is 5.97 Å². The van der Waals surface area contributed by atoms with E-state index in [1.807, 2.05) is 43.3 Å². The molecule has 1 heterocycles. The van der Waals surface area contributed by atoms with Crippen LogP contribution in [0.5, 0.6) is 11.5 Å². The van der Waals surface area contributed by atoms with E-state index in [0.717, 1.165) is 33.8 Å². The third kappa shape index (κ3) is 4.83. The monoisotopic (exact) mass is 507 g/mol. The molecule has 3 rings (SSSR count). The number of ether oxygens (including phenoxy) is 3. The molecule has 0 spiro atoms. The summed E-state index contributed by atoms with van der Waals surface area (Å²) in [7, 11) is 0.858. The first-order valence-corrected chi connectivity index (χ1v) is 15.0. The number of carbonyl (C=O) groups excluding carboxylic acids is 1. The molecule has 0 amide bonds. The zero-order valence-corrected chi connectivity index (χ0v) is 24.2. The third-order valence-electron chi connectivity index (χ3n) is 7.43. The van der Waals surface area contributed by atoms with E-state index in [1.54, 1.807) is 7.11 Å². The Morgan fingerprint density at radius 2 is 1.31 bits per heavy atom. The minimum Gasteiger partial charge on any atom is -0.497 e. The summed E-state index contributed by atoms with van der Waals surface area (Å²) in [6.07, 6.45) is 2.21. The normalized spacial score (nSPS) is 11.9. The van der Waals surface area contributed by atoms with Gasteiger partial charge in [0.1, 0.15) is 17.2 Å². The quantitative estimate of drug-likeness (QED) is 0.206. The molecule has 0 unspecified atom stereocenters. The molecule has 194 valence electrons.